The van der Waals surface area contributed by atoms with Crippen LogP contribution in [-0.4, -0.2) is 0 Å². The summed E-state index contributed by atoms with van der Waals surface area (Å²) in [5.41, 5.74) is 1.29. The number of halogens is 1. The Morgan fingerprint density at radius 3 is 2.46 bits per heavy atom. The molecule has 0 aliphatic heterocycles. The van der Waals surface area contributed by atoms with Crippen molar-refractivity contribution < 1.29 is 0 Å². The predicted octanol–water partition coefficient (Wildman–Crippen LogP) is 3.98. The average Bonchev–Trinajstić information content (AvgIpc) is 2.17. The Morgan fingerprint density at radius 2 is 1.69 bits per heavy atom. The van der Waals surface area contributed by atoms with Gasteiger partial charge in [-0.05, 0) is 41.8 Å². The van der Waals surface area contributed by atoms with Gasteiger partial charge in [-0.3, -0.25) is 0 Å². The van der Waals surface area contributed by atoms with Gasteiger partial charge in [0.1, 0.15) is 0 Å². The van der Waals surface area contributed by atoms with E-state index in [1.54, 1.807) is 0 Å². The fraction of sp³-hybridized carbons (Fsp3) is 0.0833. The highest BCUT2D eigenvalue weighted by atomic mass is 79.9. The molecule has 1 radical (unpaired) electrons. The smallest absolute Gasteiger partial charge is 0.0181 e. The Balaban J connectivity index is 2.66. The molecule has 2 aromatic rings. The maximum absolute atomic E-state index is 3.87. The SMILES string of the molecule is [CH2]Cc1ccc2cc(Br)ccc2c1. The number of hydrogen-bond donors (Lipinski definition) is 0. The average molecular weight is 234 g/mol. The second kappa shape index (κ2) is 3.51. The molecule has 0 aliphatic rings. The van der Waals surface area contributed by atoms with Crippen molar-refractivity contribution in [1.29, 1.82) is 0 Å². The van der Waals surface area contributed by atoms with E-state index in [1.807, 2.05) is 0 Å². The first-order valence-electron chi connectivity index (χ1n) is 4.27. The van der Waals surface area contributed by atoms with Crippen molar-refractivity contribution in [1.82, 2.24) is 0 Å². The van der Waals surface area contributed by atoms with E-state index in [0.717, 1.165) is 10.9 Å². The van der Waals surface area contributed by atoms with E-state index in [4.69, 9.17) is 0 Å². The molecule has 0 spiro atoms. The molecule has 1 heteroatoms. The van der Waals surface area contributed by atoms with E-state index in [1.165, 1.54) is 16.3 Å². The maximum Gasteiger partial charge on any atom is 0.0181 e. The Bertz CT molecular complexity index is 432. The summed E-state index contributed by atoms with van der Waals surface area (Å²) >= 11 is 3.46. The minimum Gasteiger partial charge on any atom is -0.0584 e. The van der Waals surface area contributed by atoms with E-state index < -0.39 is 0 Å². The van der Waals surface area contributed by atoms with Crippen LogP contribution in [0.4, 0.5) is 0 Å². The highest BCUT2D eigenvalue weighted by Gasteiger charge is 1.95. The van der Waals surface area contributed by atoms with Crippen LogP contribution in [0.15, 0.2) is 40.9 Å². The van der Waals surface area contributed by atoms with Gasteiger partial charge in [-0.2, -0.15) is 0 Å². The normalized spacial score (nSPS) is 10.6. The van der Waals surface area contributed by atoms with Gasteiger partial charge >= 0.3 is 0 Å². The van der Waals surface area contributed by atoms with E-state index in [9.17, 15) is 0 Å². The molecule has 0 saturated heterocycles. The zero-order chi connectivity index (χ0) is 9.26. The van der Waals surface area contributed by atoms with E-state index in [0.29, 0.717) is 0 Å². The minimum atomic E-state index is 0.853. The van der Waals surface area contributed by atoms with Gasteiger partial charge in [0.05, 0.1) is 0 Å². The highest BCUT2D eigenvalue weighted by molar-refractivity contribution is 9.10. The lowest BCUT2D eigenvalue weighted by Crippen LogP contribution is -1.80. The Hall–Kier alpha value is -0.820. The Morgan fingerprint density at radius 1 is 1.00 bits per heavy atom. The summed E-state index contributed by atoms with van der Waals surface area (Å²) in [6.07, 6.45) is 0.853. The molecular weight excluding hydrogens is 224 g/mol. The van der Waals surface area contributed by atoms with Crippen molar-refractivity contribution in [2.75, 3.05) is 0 Å². The predicted molar refractivity (Wildman–Crippen MR) is 60.7 cm³/mol. The third-order valence-corrected chi connectivity index (χ3v) is 2.65. The van der Waals surface area contributed by atoms with Gasteiger partial charge in [-0.25, -0.2) is 0 Å². The van der Waals surface area contributed by atoms with Crippen LogP contribution >= 0.6 is 15.9 Å². The highest BCUT2D eigenvalue weighted by Crippen LogP contribution is 2.20. The summed E-state index contributed by atoms with van der Waals surface area (Å²) in [6, 6.07) is 12.8. The van der Waals surface area contributed by atoms with Crippen LogP contribution in [0, 0.1) is 6.92 Å². The first kappa shape index (κ1) is 8.76. The summed E-state index contributed by atoms with van der Waals surface area (Å²) in [5.74, 6) is 0. The van der Waals surface area contributed by atoms with Crippen molar-refractivity contribution in [3.63, 3.8) is 0 Å². The minimum absolute atomic E-state index is 0.853. The summed E-state index contributed by atoms with van der Waals surface area (Å²) in [7, 11) is 0. The molecule has 0 saturated carbocycles. The number of fused-ring (bicyclic) bond motifs is 1. The number of hydrogen-bond acceptors (Lipinski definition) is 0. The number of benzene rings is 2. The Labute approximate surface area is 86.7 Å². The van der Waals surface area contributed by atoms with Crippen molar-refractivity contribution in [2.24, 2.45) is 0 Å². The summed E-state index contributed by atoms with van der Waals surface area (Å²) in [5, 5.41) is 2.55. The van der Waals surface area contributed by atoms with E-state index >= 15 is 0 Å². The van der Waals surface area contributed by atoms with Gasteiger partial charge in [-0.15, -0.1) is 0 Å². The van der Waals surface area contributed by atoms with Crippen molar-refractivity contribution in [2.45, 2.75) is 6.42 Å². The lowest BCUT2D eigenvalue weighted by atomic mass is 10.1. The third-order valence-electron chi connectivity index (χ3n) is 2.16. The van der Waals surface area contributed by atoms with Gasteiger partial charge in [0, 0.05) is 4.47 Å². The summed E-state index contributed by atoms with van der Waals surface area (Å²) < 4.78 is 1.13. The molecule has 0 amide bonds. The lowest BCUT2D eigenvalue weighted by molar-refractivity contribution is 1.28. The molecule has 0 fully saturated rings. The summed E-state index contributed by atoms with van der Waals surface area (Å²) in [6.45, 7) is 3.87. The van der Waals surface area contributed by atoms with Crippen LogP contribution in [-0.2, 0) is 6.42 Å². The molecule has 0 aromatic heterocycles. The van der Waals surface area contributed by atoms with Crippen molar-refractivity contribution >= 4 is 26.7 Å². The van der Waals surface area contributed by atoms with E-state index in [-0.39, 0.29) is 0 Å². The van der Waals surface area contributed by atoms with Crippen LogP contribution in [0.3, 0.4) is 0 Å². The molecule has 0 heterocycles. The van der Waals surface area contributed by atoms with Gasteiger partial charge in [0.15, 0.2) is 0 Å². The molecule has 0 atom stereocenters. The van der Waals surface area contributed by atoms with Crippen LogP contribution in [0.25, 0.3) is 10.8 Å². The molecule has 0 unspecified atom stereocenters. The summed E-state index contributed by atoms with van der Waals surface area (Å²) in [4.78, 5) is 0. The molecule has 0 N–H and O–H groups in total. The standard InChI is InChI=1S/C12H10Br/c1-2-9-3-4-11-8-12(13)6-5-10(11)7-9/h3-8H,1-2H2. The molecule has 2 aromatic carbocycles. The fourth-order valence-electron chi connectivity index (χ4n) is 1.42. The second-order valence-corrected chi connectivity index (χ2v) is 3.99. The quantitative estimate of drug-likeness (QED) is 0.700. The first-order chi connectivity index (χ1) is 6.29. The third kappa shape index (κ3) is 1.75. The molecule has 0 bridgehead atoms. The number of rotatable bonds is 1. The maximum atomic E-state index is 3.87. The van der Waals surface area contributed by atoms with Gasteiger partial charge in [0.2, 0.25) is 0 Å². The largest absolute Gasteiger partial charge is 0.0584 e. The second-order valence-electron chi connectivity index (χ2n) is 3.08. The first-order valence-corrected chi connectivity index (χ1v) is 5.06. The molecule has 0 nitrogen and oxygen atoms in total. The molecule has 2 rings (SSSR count). The zero-order valence-corrected chi connectivity index (χ0v) is 8.84. The molecule has 13 heavy (non-hydrogen) atoms. The van der Waals surface area contributed by atoms with Crippen LogP contribution in [0.1, 0.15) is 5.56 Å². The van der Waals surface area contributed by atoms with Crippen LogP contribution in [0.2, 0.25) is 0 Å². The fourth-order valence-corrected chi connectivity index (χ4v) is 1.80. The zero-order valence-electron chi connectivity index (χ0n) is 7.26. The van der Waals surface area contributed by atoms with Crippen LogP contribution < -0.4 is 0 Å². The molecule has 65 valence electrons. The molecular formula is C12H10Br. The molecule has 0 aliphatic carbocycles. The van der Waals surface area contributed by atoms with Crippen molar-refractivity contribution in [3.05, 3.63) is 53.4 Å². The Kier molecular flexibility index (Phi) is 2.36. The van der Waals surface area contributed by atoms with E-state index in [2.05, 4.69) is 59.3 Å². The van der Waals surface area contributed by atoms with Crippen molar-refractivity contribution in [3.8, 4) is 0 Å². The lowest BCUT2D eigenvalue weighted by Gasteiger charge is -2.01. The van der Waals surface area contributed by atoms with Crippen LogP contribution in [0.5, 0.6) is 0 Å². The van der Waals surface area contributed by atoms with Gasteiger partial charge in [0.25, 0.3) is 0 Å². The van der Waals surface area contributed by atoms with Gasteiger partial charge < -0.3 is 0 Å². The topological polar surface area (TPSA) is 0 Å². The van der Waals surface area contributed by atoms with Gasteiger partial charge in [-0.1, -0.05) is 40.2 Å². The monoisotopic (exact) mass is 233 g/mol.